The number of carboxylic acids is 1. The molecule has 10 heteroatoms. The average molecular weight is 558 g/mol. The fourth-order valence-electron chi connectivity index (χ4n) is 4.11. The van der Waals surface area contributed by atoms with Crippen LogP contribution in [0, 0.1) is 5.82 Å². The molecule has 1 atom stereocenters. The molecular formula is C30H34F3N3O4. The lowest BCUT2D eigenvalue weighted by atomic mass is 9.98. The molecule has 0 spiro atoms. The SMILES string of the molecule is C[C@@H](NC(=O)OC(C)(C)C)c1cccc(-c2cc(NCc3ccccc3CC(=O)O)cc(NCC(F)F)c2)c1F. The maximum Gasteiger partial charge on any atom is 0.408 e. The van der Waals surface area contributed by atoms with E-state index >= 15 is 4.39 Å². The molecule has 3 aromatic carbocycles. The Balaban J connectivity index is 1.92. The Hall–Kier alpha value is -4.21. The Morgan fingerprint density at radius 2 is 1.60 bits per heavy atom. The largest absolute Gasteiger partial charge is 0.481 e. The standard InChI is InChI=1S/C30H34F3N3O4/c1-18(36-29(39)40-30(2,3)4)24-10-7-11-25(28(24)33)21-12-22(15-23(13-21)35-17-26(31)32)34-16-20-9-6-5-8-19(20)14-27(37)38/h5-13,15,18,26,34-35H,14,16-17H2,1-4H3,(H,36,39)(H,37,38)/t18-/m1/s1. The molecule has 4 N–H and O–H groups in total. The van der Waals surface area contributed by atoms with Crippen LogP contribution in [0.2, 0.25) is 0 Å². The first kappa shape index (κ1) is 30.3. The number of ether oxygens (including phenoxy) is 1. The molecular weight excluding hydrogens is 523 g/mol. The zero-order chi connectivity index (χ0) is 29.4. The van der Waals surface area contributed by atoms with Gasteiger partial charge in [0, 0.05) is 29.0 Å². The topological polar surface area (TPSA) is 99.7 Å². The van der Waals surface area contributed by atoms with Crippen molar-refractivity contribution in [1.29, 1.82) is 0 Å². The molecule has 0 aliphatic heterocycles. The molecule has 0 heterocycles. The van der Waals surface area contributed by atoms with E-state index in [9.17, 15) is 23.5 Å². The molecule has 0 aliphatic carbocycles. The quantitative estimate of drug-likeness (QED) is 0.203. The molecule has 214 valence electrons. The molecule has 1 amide bonds. The fraction of sp³-hybridized carbons (Fsp3) is 0.333. The second kappa shape index (κ2) is 13.2. The summed E-state index contributed by atoms with van der Waals surface area (Å²) < 4.78 is 47.0. The van der Waals surface area contributed by atoms with Gasteiger partial charge in [0.1, 0.15) is 11.4 Å². The van der Waals surface area contributed by atoms with Gasteiger partial charge in [-0.15, -0.1) is 0 Å². The molecule has 0 radical (unpaired) electrons. The van der Waals surface area contributed by atoms with E-state index in [-0.39, 0.29) is 24.1 Å². The molecule has 3 aromatic rings. The van der Waals surface area contributed by atoms with Crippen molar-refractivity contribution in [1.82, 2.24) is 5.32 Å². The van der Waals surface area contributed by atoms with Gasteiger partial charge in [-0.25, -0.2) is 18.0 Å². The Morgan fingerprint density at radius 3 is 2.23 bits per heavy atom. The van der Waals surface area contributed by atoms with Gasteiger partial charge in [-0.3, -0.25) is 4.79 Å². The van der Waals surface area contributed by atoms with Gasteiger partial charge >= 0.3 is 12.1 Å². The highest BCUT2D eigenvalue weighted by Gasteiger charge is 2.21. The first-order valence-electron chi connectivity index (χ1n) is 12.8. The molecule has 40 heavy (non-hydrogen) atoms. The third-order valence-corrected chi connectivity index (χ3v) is 5.88. The van der Waals surface area contributed by atoms with Gasteiger partial charge in [-0.2, -0.15) is 0 Å². The normalized spacial score (nSPS) is 12.1. The Bertz CT molecular complexity index is 1340. The highest BCUT2D eigenvalue weighted by Crippen LogP contribution is 2.33. The van der Waals surface area contributed by atoms with Crippen molar-refractivity contribution in [2.45, 2.75) is 58.7 Å². The van der Waals surface area contributed by atoms with Crippen molar-refractivity contribution in [3.8, 4) is 11.1 Å². The lowest BCUT2D eigenvalue weighted by Crippen LogP contribution is -2.34. The van der Waals surface area contributed by atoms with Crippen molar-refractivity contribution in [3.63, 3.8) is 0 Å². The van der Waals surface area contributed by atoms with Crippen molar-refractivity contribution >= 4 is 23.4 Å². The molecule has 0 bridgehead atoms. The molecule has 0 saturated carbocycles. The molecule has 3 rings (SSSR count). The predicted molar refractivity (Wildman–Crippen MR) is 149 cm³/mol. The number of carbonyl (C=O) groups excluding carboxylic acids is 1. The Labute approximate surface area is 231 Å². The number of hydrogen-bond donors (Lipinski definition) is 4. The zero-order valence-electron chi connectivity index (χ0n) is 22.9. The first-order valence-corrected chi connectivity index (χ1v) is 12.8. The van der Waals surface area contributed by atoms with Gasteiger partial charge in [0.25, 0.3) is 6.43 Å². The number of amides is 1. The lowest BCUT2D eigenvalue weighted by Gasteiger charge is -2.22. The number of aliphatic carboxylic acids is 1. The second-order valence-corrected chi connectivity index (χ2v) is 10.3. The van der Waals surface area contributed by atoms with Gasteiger partial charge in [0.15, 0.2) is 0 Å². The maximum absolute atomic E-state index is 15.8. The smallest absolute Gasteiger partial charge is 0.408 e. The van der Waals surface area contributed by atoms with Gasteiger partial charge in [-0.05, 0) is 62.6 Å². The molecule has 0 fully saturated rings. The van der Waals surface area contributed by atoms with Crippen LogP contribution in [0.4, 0.5) is 29.3 Å². The number of nitrogens with one attached hydrogen (secondary N) is 3. The van der Waals surface area contributed by atoms with E-state index in [4.69, 9.17) is 4.74 Å². The molecule has 0 aromatic heterocycles. The monoisotopic (exact) mass is 557 g/mol. The summed E-state index contributed by atoms with van der Waals surface area (Å²) in [6, 6.07) is 16.0. The number of alkyl carbamates (subject to hydrolysis) is 1. The Morgan fingerprint density at radius 1 is 0.950 bits per heavy atom. The molecule has 0 aliphatic rings. The van der Waals surface area contributed by atoms with Crippen LogP contribution in [0.3, 0.4) is 0 Å². The third kappa shape index (κ3) is 8.93. The van der Waals surface area contributed by atoms with E-state index in [1.54, 1.807) is 88.4 Å². The minimum atomic E-state index is -2.59. The number of anilines is 2. The highest BCUT2D eigenvalue weighted by atomic mass is 19.3. The van der Waals surface area contributed by atoms with E-state index in [0.29, 0.717) is 22.5 Å². The number of carbonyl (C=O) groups is 2. The van der Waals surface area contributed by atoms with Crippen LogP contribution >= 0.6 is 0 Å². The lowest BCUT2D eigenvalue weighted by molar-refractivity contribution is -0.136. The van der Waals surface area contributed by atoms with Crippen molar-refractivity contribution in [2.75, 3.05) is 17.2 Å². The fourth-order valence-corrected chi connectivity index (χ4v) is 4.11. The minimum absolute atomic E-state index is 0.146. The predicted octanol–water partition coefficient (Wildman–Crippen LogP) is 6.99. The second-order valence-electron chi connectivity index (χ2n) is 10.3. The summed E-state index contributed by atoms with van der Waals surface area (Å²) in [4.78, 5) is 23.5. The minimum Gasteiger partial charge on any atom is -0.481 e. The number of carboxylic acid groups (broad SMARTS) is 1. The van der Waals surface area contributed by atoms with Crippen LogP contribution in [-0.4, -0.2) is 35.7 Å². The summed E-state index contributed by atoms with van der Waals surface area (Å²) >= 11 is 0. The highest BCUT2D eigenvalue weighted by molar-refractivity contribution is 5.76. The number of alkyl halides is 2. The van der Waals surface area contributed by atoms with Crippen LogP contribution < -0.4 is 16.0 Å². The summed E-state index contributed by atoms with van der Waals surface area (Å²) in [7, 11) is 0. The maximum atomic E-state index is 15.8. The number of halogens is 3. The molecule has 0 saturated heterocycles. The summed E-state index contributed by atoms with van der Waals surface area (Å²) in [5.74, 6) is -1.53. The van der Waals surface area contributed by atoms with Crippen LogP contribution in [0.25, 0.3) is 11.1 Å². The van der Waals surface area contributed by atoms with Crippen LogP contribution in [-0.2, 0) is 22.5 Å². The summed E-state index contributed by atoms with van der Waals surface area (Å²) in [5, 5.41) is 17.7. The summed E-state index contributed by atoms with van der Waals surface area (Å²) in [6.07, 6.45) is -3.42. The molecule has 7 nitrogen and oxygen atoms in total. The average Bonchev–Trinajstić information content (AvgIpc) is 2.85. The summed E-state index contributed by atoms with van der Waals surface area (Å²) in [6.45, 7) is 6.48. The van der Waals surface area contributed by atoms with Crippen molar-refractivity contribution in [3.05, 3.63) is 83.2 Å². The third-order valence-electron chi connectivity index (χ3n) is 5.88. The Kier molecular flexibility index (Phi) is 10.0. The van der Waals surface area contributed by atoms with E-state index < -0.39 is 42.5 Å². The van der Waals surface area contributed by atoms with Gasteiger partial charge in [0.2, 0.25) is 0 Å². The summed E-state index contributed by atoms with van der Waals surface area (Å²) in [5.41, 5.74) is 2.41. The van der Waals surface area contributed by atoms with Gasteiger partial charge < -0.3 is 25.8 Å². The van der Waals surface area contributed by atoms with Crippen LogP contribution in [0.15, 0.2) is 60.7 Å². The van der Waals surface area contributed by atoms with Crippen LogP contribution in [0.5, 0.6) is 0 Å². The van der Waals surface area contributed by atoms with Gasteiger partial charge in [-0.1, -0.05) is 42.5 Å². The van der Waals surface area contributed by atoms with E-state index in [1.165, 1.54) is 0 Å². The van der Waals surface area contributed by atoms with Crippen molar-refractivity contribution < 1.29 is 32.6 Å². The molecule has 0 unspecified atom stereocenters. The van der Waals surface area contributed by atoms with Gasteiger partial charge in [0.05, 0.1) is 19.0 Å². The van der Waals surface area contributed by atoms with Crippen molar-refractivity contribution in [2.24, 2.45) is 0 Å². The number of hydrogen-bond acceptors (Lipinski definition) is 5. The first-order chi connectivity index (χ1) is 18.8. The van der Waals surface area contributed by atoms with E-state index in [0.717, 1.165) is 5.56 Å². The van der Waals surface area contributed by atoms with Crippen LogP contribution in [0.1, 0.15) is 50.4 Å². The van der Waals surface area contributed by atoms with E-state index in [2.05, 4.69) is 16.0 Å². The van der Waals surface area contributed by atoms with E-state index in [1.807, 2.05) is 0 Å². The number of benzene rings is 3. The number of rotatable bonds is 11. The zero-order valence-corrected chi connectivity index (χ0v) is 22.9.